The Hall–Kier alpha value is -1.75. The highest BCUT2D eigenvalue weighted by molar-refractivity contribution is 7.99. The van der Waals surface area contributed by atoms with Gasteiger partial charge in [0.1, 0.15) is 5.75 Å². The van der Waals surface area contributed by atoms with E-state index in [1.807, 2.05) is 35.0 Å². The number of benzene rings is 1. The van der Waals surface area contributed by atoms with Crippen molar-refractivity contribution in [1.29, 1.82) is 0 Å². The molecule has 0 saturated carbocycles. The number of carbonyl (C=O) groups is 1. The third kappa shape index (κ3) is 2.83. The zero-order valence-corrected chi connectivity index (χ0v) is 13.0. The fraction of sp³-hybridized carbons (Fsp3) is 0.375. The Labute approximate surface area is 128 Å². The van der Waals surface area contributed by atoms with Gasteiger partial charge in [0, 0.05) is 48.7 Å². The van der Waals surface area contributed by atoms with Crippen molar-refractivity contribution in [3.63, 3.8) is 0 Å². The van der Waals surface area contributed by atoms with Crippen LogP contribution in [-0.4, -0.2) is 41.7 Å². The molecule has 0 spiro atoms. The van der Waals surface area contributed by atoms with Crippen LogP contribution in [0.2, 0.25) is 0 Å². The minimum Gasteiger partial charge on any atom is -0.497 e. The number of rotatable bonds is 2. The molecule has 4 nitrogen and oxygen atoms in total. The molecule has 0 bridgehead atoms. The number of fused-ring (bicyclic) bond motifs is 1. The molecule has 2 heterocycles. The van der Waals surface area contributed by atoms with Crippen LogP contribution in [0.3, 0.4) is 0 Å². The summed E-state index contributed by atoms with van der Waals surface area (Å²) in [4.78, 5) is 18.0. The predicted molar refractivity (Wildman–Crippen MR) is 85.7 cm³/mol. The number of amides is 1. The third-order valence-electron chi connectivity index (χ3n) is 3.84. The highest BCUT2D eigenvalue weighted by Crippen LogP contribution is 2.37. The van der Waals surface area contributed by atoms with Gasteiger partial charge in [0.2, 0.25) is 5.91 Å². The Morgan fingerprint density at radius 1 is 1.43 bits per heavy atom. The fourth-order valence-corrected chi connectivity index (χ4v) is 3.96. The largest absolute Gasteiger partial charge is 0.497 e. The van der Waals surface area contributed by atoms with E-state index < -0.39 is 0 Å². The van der Waals surface area contributed by atoms with Crippen molar-refractivity contribution in [2.45, 2.75) is 12.2 Å². The molecule has 3 rings (SSSR count). The molecule has 2 aromatic rings. The van der Waals surface area contributed by atoms with Gasteiger partial charge in [-0.05, 0) is 23.8 Å². The van der Waals surface area contributed by atoms with E-state index in [4.69, 9.17) is 4.74 Å². The van der Waals surface area contributed by atoms with Gasteiger partial charge in [0.25, 0.3) is 0 Å². The Bertz CT molecular complexity index is 674. The molecule has 1 saturated heterocycles. The first-order chi connectivity index (χ1) is 10.2. The second-order valence-corrected chi connectivity index (χ2v) is 6.42. The van der Waals surface area contributed by atoms with Crippen LogP contribution in [0.1, 0.15) is 17.7 Å². The van der Waals surface area contributed by atoms with Gasteiger partial charge in [-0.25, -0.2) is 0 Å². The van der Waals surface area contributed by atoms with E-state index in [1.165, 1.54) is 5.56 Å². The molecule has 1 aliphatic heterocycles. The molecule has 110 valence electrons. The molecule has 1 atom stereocenters. The fourth-order valence-electron chi connectivity index (χ4n) is 2.68. The zero-order valence-electron chi connectivity index (χ0n) is 12.2. The first-order valence-electron chi connectivity index (χ1n) is 6.99. The maximum atomic E-state index is 11.6. The first kappa shape index (κ1) is 14.2. The quantitative estimate of drug-likeness (QED) is 0.855. The Morgan fingerprint density at radius 2 is 2.29 bits per heavy atom. The van der Waals surface area contributed by atoms with E-state index >= 15 is 0 Å². The third-order valence-corrected chi connectivity index (χ3v) is 5.07. The van der Waals surface area contributed by atoms with Gasteiger partial charge >= 0.3 is 0 Å². The molecule has 1 unspecified atom stereocenters. The van der Waals surface area contributed by atoms with Crippen molar-refractivity contribution < 1.29 is 9.53 Å². The number of pyridine rings is 1. The predicted octanol–water partition coefficient (Wildman–Crippen LogP) is 2.88. The highest BCUT2D eigenvalue weighted by atomic mass is 32.2. The lowest BCUT2D eigenvalue weighted by Crippen LogP contribution is -2.37. The molecule has 1 amide bonds. The average Bonchev–Trinajstić information content (AvgIpc) is 2.53. The molecule has 1 aromatic heterocycles. The van der Waals surface area contributed by atoms with Crippen LogP contribution in [-0.2, 0) is 4.79 Å². The summed E-state index contributed by atoms with van der Waals surface area (Å²) in [6.07, 6.45) is 1.84. The van der Waals surface area contributed by atoms with Gasteiger partial charge in [-0.1, -0.05) is 0 Å². The summed E-state index contributed by atoms with van der Waals surface area (Å²) in [5.41, 5.74) is 2.19. The molecular formula is C16H18N2O2S. The summed E-state index contributed by atoms with van der Waals surface area (Å²) in [6.45, 7) is 3.25. The summed E-state index contributed by atoms with van der Waals surface area (Å²) in [7, 11) is 1.66. The van der Waals surface area contributed by atoms with Gasteiger partial charge in [-0.2, -0.15) is 11.8 Å². The summed E-state index contributed by atoms with van der Waals surface area (Å²) < 4.78 is 5.26. The van der Waals surface area contributed by atoms with Crippen molar-refractivity contribution in [3.05, 3.63) is 36.0 Å². The van der Waals surface area contributed by atoms with Crippen molar-refractivity contribution >= 4 is 28.6 Å². The van der Waals surface area contributed by atoms with Gasteiger partial charge in [-0.15, -0.1) is 0 Å². The van der Waals surface area contributed by atoms with Gasteiger partial charge in [-0.3, -0.25) is 9.78 Å². The van der Waals surface area contributed by atoms with Gasteiger partial charge in [0.05, 0.1) is 12.6 Å². The van der Waals surface area contributed by atoms with E-state index in [0.717, 1.165) is 35.5 Å². The number of hydrogen-bond acceptors (Lipinski definition) is 4. The maximum absolute atomic E-state index is 11.6. The smallest absolute Gasteiger partial charge is 0.219 e. The topological polar surface area (TPSA) is 42.4 Å². The summed E-state index contributed by atoms with van der Waals surface area (Å²) in [5.74, 6) is 1.94. The van der Waals surface area contributed by atoms with E-state index in [-0.39, 0.29) is 5.91 Å². The minimum atomic E-state index is 0.153. The molecule has 1 aliphatic rings. The monoisotopic (exact) mass is 302 g/mol. The summed E-state index contributed by atoms with van der Waals surface area (Å²) in [5, 5.41) is 1.45. The van der Waals surface area contributed by atoms with E-state index in [0.29, 0.717) is 5.25 Å². The number of carbonyl (C=O) groups excluding carboxylic acids is 1. The van der Waals surface area contributed by atoms with Crippen LogP contribution in [0.25, 0.3) is 10.9 Å². The lowest BCUT2D eigenvalue weighted by molar-refractivity contribution is -0.128. The first-order valence-corrected chi connectivity index (χ1v) is 8.03. The number of aromatic nitrogens is 1. The maximum Gasteiger partial charge on any atom is 0.219 e. The number of thioether (sulfide) groups is 1. The van der Waals surface area contributed by atoms with Gasteiger partial charge < -0.3 is 9.64 Å². The molecule has 0 radical (unpaired) electrons. The summed E-state index contributed by atoms with van der Waals surface area (Å²) >= 11 is 1.91. The zero-order chi connectivity index (χ0) is 14.8. The minimum absolute atomic E-state index is 0.153. The van der Waals surface area contributed by atoms with Crippen molar-refractivity contribution in [2.24, 2.45) is 0 Å². The van der Waals surface area contributed by atoms with Crippen LogP contribution in [0.4, 0.5) is 0 Å². The Balaban J connectivity index is 1.98. The molecule has 1 aromatic carbocycles. The van der Waals surface area contributed by atoms with Gasteiger partial charge in [0.15, 0.2) is 0 Å². The normalized spacial score (nSPS) is 18.8. The second-order valence-electron chi connectivity index (χ2n) is 5.11. The molecule has 0 N–H and O–H groups in total. The lowest BCUT2D eigenvalue weighted by Gasteiger charge is -2.32. The Kier molecular flexibility index (Phi) is 4.01. The van der Waals surface area contributed by atoms with Crippen LogP contribution >= 0.6 is 11.8 Å². The molecule has 21 heavy (non-hydrogen) atoms. The standard InChI is InChI=1S/C16H18N2O2S/c1-11(19)18-7-8-21-16(10-18)14-5-6-17-15-9-12(20-2)3-4-13(14)15/h3-6,9,16H,7-8,10H2,1-2H3. The molecule has 1 fully saturated rings. The second kappa shape index (κ2) is 5.93. The number of methoxy groups -OCH3 is 1. The van der Waals surface area contributed by atoms with Crippen LogP contribution in [0, 0.1) is 0 Å². The van der Waals surface area contributed by atoms with Crippen LogP contribution in [0.5, 0.6) is 5.75 Å². The summed E-state index contributed by atoms with van der Waals surface area (Å²) in [6, 6.07) is 8.04. The highest BCUT2D eigenvalue weighted by Gasteiger charge is 2.24. The van der Waals surface area contributed by atoms with E-state index in [9.17, 15) is 4.79 Å². The molecular weight excluding hydrogens is 284 g/mol. The average molecular weight is 302 g/mol. The van der Waals surface area contributed by atoms with Crippen molar-refractivity contribution in [1.82, 2.24) is 9.88 Å². The van der Waals surface area contributed by atoms with Crippen LogP contribution < -0.4 is 4.74 Å². The van der Waals surface area contributed by atoms with Crippen molar-refractivity contribution in [3.8, 4) is 5.75 Å². The number of ether oxygens (including phenoxy) is 1. The lowest BCUT2D eigenvalue weighted by atomic mass is 10.1. The van der Waals surface area contributed by atoms with Crippen LogP contribution in [0.15, 0.2) is 30.5 Å². The number of nitrogens with zero attached hydrogens (tertiary/aromatic N) is 2. The molecule has 0 aliphatic carbocycles. The molecule has 5 heteroatoms. The SMILES string of the molecule is COc1ccc2c(C3CN(C(C)=O)CCS3)ccnc2c1. The number of hydrogen-bond donors (Lipinski definition) is 0. The van der Waals surface area contributed by atoms with E-state index in [2.05, 4.69) is 17.1 Å². The Morgan fingerprint density at radius 3 is 3.05 bits per heavy atom. The van der Waals surface area contributed by atoms with Crippen molar-refractivity contribution in [2.75, 3.05) is 26.0 Å². The van der Waals surface area contributed by atoms with E-state index in [1.54, 1.807) is 14.0 Å².